The Labute approximate surface area is 89.4 Å². The van der Waals surface area contributed by atoms with Crippen LogP contribution in [-0.4, -0.2) is 38.6 Å². The Morgan fingerprint density at radius 2 is 1.73 bits per heavy atom. The van der Waals surface area contributed by atoms with Gasteiger partial charge in [-0.15, -0.1) is 0 Å². The summed E-state index contributed by atoms with van der Waals surface area (Å²) in [7, 11) is 3.15. The molecule has 0 spiro atoms. The van der Waals surface area contributed by atoms with Crippen LogP contribution in [0.4, 0.5) is 0 Å². The van der Waals surface area contributed by atoms with Crippen molar-refractivity contribution in [2.45, 2.75) is 6.10 Å². The van der Waals surface area contributed by atoms with Gasteiger partial charge in [0.1, 0.15) is 24.2 Å². The molecule has 0 heterocycles. The lowest BCUT2D eigenvalue weighted by Gasteiger charge is -2.13. The van der Waals surface area contributed by atoms with Gasteiger partial charge in [-0.1, -0.05) is 0 Å². The molecule has 0 saturated carbocycles. The molecule has 4 heteroatoms. The molecule has 0 radical (unpaired) electrons. The fourth-order valence-electron chi connectivity index (χ4n) is 1.06. The molecule has 15 heavy (non-hydrogen) atoms. The average Bonchev–Trinajstić information content (AvgIpc) is 2.31. The minimum atomic E-state index is -0.285. The van der Waals surface area contributed by atoms with Gasteiger partial charge in [-0.25, -0.2) is 0 Å². The maximum absolute atomic E-state index is 8.86. The Hall–Kier alpha value is -1.26. The second-order valence-electron chi connectivity index (χ2n) is 3.03. The molecule has 0 saturated heterocycles. The van der Waals surface area contributed by atoms with E-state index in [1.165, 1.54) is 7.11 Å². The van der Waals surface area contributed by atoms with E-state index in [0.717, 1.165) is 11.5 Å². The van der Waals surface area contributed by atoms with E-state index in [1.54, 1.807) is 7.11 Å². The lowest BCUT2D eigenvalue weighted by atomic mass is 10.3. The van der Waals surface area contributed by atoms with Gasteiger partial charge in [-0.3, -0.25) is 0 Å². The normalized spacial score (nSPS) is 12.2. The molecule has 84 valence electrons. The van der Waals surface area contributed by atoms with Gasteiger partial charge < -0.3 is 19.3 Å². The van der Waals surface area contributed by atoms with Crippen molar-refractivity contribution in [3.05, 3.63) is 24.3 Å². The molecule has 0 aliphatic rings. The summed E-state index contributed by atoms with van der Waals surface area (Å²) >= 11 is 0. The zero-order chi connectivity index (χ0) is 11.1. The minimum absolute atomic E-state index is 0.0490. The predicted octanol–water partition coefficient (Wildman–Crippen LogP) is 1.08. The minimum Gasteiger partial charge on any atom is -0.497 e. The number of aliphatic hydroxyl groups excluding tert-OH is 1. The molecular weight excluding hydrogens is 196 g/mol. The van der Waals surface area contributed by atoms with Gasteiger partial charge in [-0.2, -0.15) is 0 Å². The van der Waals surface area contributed by atoms with Crippen molar-refractivity contribution in [3.8, 4) is 11.5 Å². The van der Waals surface area contributed by atoms with E-state index in [2.05, 4.69) is 0 Å². The van der Waals surface area contributed by atoms with Crippen LogP contribution >= 0.6 is 0 Å². The Kier molecular flexibility index (Phi) is 4.93. The van der Waals surface area contributed by atoms with Crippen LogP contribution in [0, 0.1) is 0 Å². The summed E-state index contributed by atoms with van der Waals surface area (Å²) in [6.07, 6.45) is -0.285. The lowest BCUT2D eigenvalue weighted by molar-refractivity contribution is 0.0164. The van der Waals surface area contributed by atoms with Gasteiger partial charge in [0.15, 0.2) is 0 Å². The number of ether oxygens (including phenoxy) is 3. The molecule has 4 nitrogen and oxygen atoms in total. The van der Waals surface area contributed by atoms with Gasteiger partial charge in [0.25, 0.3) is 0 Å². The quantitative estimate of drug-likeness (QED) is 0.766. The van der Waals surface area contributed by atoms with E-state index in [4.69, 9.17) is 19.3 Å². The molecule has 1 atom stereocenters. The number of rotatable bonds is 6. The number of hydrogen-bond acceptors (Lipinski definition) is 4. The Morgan fingerprint density at radius 1 is 1.13 bits per heavy atom. The molecule has 0 amide bonds. The van der Waals surface area contributed by atoms with E-state index < -0.39 is 0 Å². The van der Waals surface area contributed by atoms with E-state index in [0.29, 0.717) is 6.61 Å². The van der Waals surface area contributed by atoms with Gasteiger partial charge in [0.2, 0.25) is 0 Å². The third-order valence-electron chi connectivity index (χ3n) is 2.03. The maximum atomic E-state index is 8.86. The molecule has 1 aromatic rings. The van der Waals surface area contributed by atoms with E-state index in [9.17, 15) is 0 Å². The number of aliphatic hydroxyl groups is 1. The second kappa shape index (κ2) is 6.27. The molecule has 0 bridgehead atoms. The van der Waals surface area contributed by atoms with Gasteiger partial charge in [0, 0.05) is 7.11 Å². The highest BCUT2D eigenvalue weighted by atomic mass is 16.5. The summed E-state index contributed by atoms with van der Waals surface area (Å²) in [6.45, 7) is 0.284. The lowest BCUT2D eigenvalue weighted by Crippen LogP contribution is -2.24. The highest BCUT2D eigenvalue weighted by molar-refractivity contribution is 5.31. The van der Waals surface area contributed by atoms with Crippen molar-refractivity contribution < 1.29 is 19.3 Å². The molecule has 0 aliphatic carbocycles. The maximum Gasteiger partial charge on any atom is 0.119 e. The second-order valence-corrected chi connectivity index (χ2v) is 3.03. The zero-order valence-electron chi connectivity index (χ0n) is 8.97. The SMILES string of the molecule is COc1ccc(OC[C@H](CO)OC)cc1. The third kappa shape index (κ3) is 3.77. The molecule has 1 N–H and O–H groups in total. The van der Waals surface area contributed by atoms with Gasteiger partial charge in [0.05, 0.1) is 13.7 Å². The summed E-state index contributed by atoms with van der Waals surface area (Å²) in [4.78, 5) is 0. The summed E-state index contributed by atoms with van der Waals surface area (Å²) in [5.74, 6) is 1.51. The van der Waals surface area contributed by atoms with Crippen molar-refractivity contribution in [1.29, 1.82) is 0 Å². The Bertz CT molecular complexity index is 266. The van der Waals surface area contributed by atoms with Gasteiger partial charge >= 0.3 is 0 Å². The van der Waals surface area contributed by atoms with E-state index in [1.807, 2.05) is 24.3 Å². The first-order valence-corrected chi connectivity index (χ1v) is 4.70. The first kappa shape index (κ1) is 11.8. The monoisotopic (exact) mass is 212 g/mol. The highest BCUT2D eigenvalue weighted by Gasteiger charge is 2.05. The zero-order valence-corrected chi connectivity index (χ0v) is 8.97. The van der Waals surface area contributed by atoms with E-state index in [-0.39, 0.29) is 12.7 Å². The fourth-order valence-corrected chi connectivity index (χ4v) is 1.06. The smallest absolute Gasteiger partial charge is 0.119 e. The molecular formula is C11H16O4. The topological polar surface area (TPSA) is 47.9 Å². The summed E-state index contributed by atoms with van der Waals surface area (Å²) in [6, 6.07) is 7.25. The van der Waals surface area contributed by atoms with Gasteiger partial charge in [-0.05, 0) is 24.3 Å². The summed E-state index contributed by atoms with van der Waals surface area (Å²) < 4.78 is 15.4. The van der Waals surface area contributed by atoms with E-state index >= 15 is 0 Å². The summed E-state index contributed by atoms with van der Waals surface area (Å²) in [5, 5.41) is 8.86. The Balaban J connectivity index is 2.43. The van der Waals surface area contributed by atoms with Crippen LogP contribution in [0.2, 0.25) is 0 Å². The largest absolute Gasteiger partial charge is 0.497 e. The average molecular weight is 212 g/mol. The van der Waals surface area contributed by atoms with Crippen LogP contribution in [0.15, 0.2) is 24.3 Å². The van der Waals surface area contributed by atoms with Crippen molar-refractivity contribution in [2.75, 3.05) is 27.4 Å². The first-order chi connectivity index (χ1) is 7.30. The van der Waals surface area contributed by atoms with Crippen LogP contribution in [0.25, 0.3) is 0 Å². The molecule has 1 rings (SSSR count). The molecule has 0 aromatic heterocycles. The van der Waals surface area contributed by atoms with Crippen molar-refractivity contribution in [3.63, 3.8) is 0 Å². The highest BCUT2D eigenvalue weighted by Crippen LogP contribution is 2.17. The standard InChI is InChI=1S/C11H16O4/c1-13-9-3-5-10(6-4-9)15-8-11(7-12)14-2/h3-6,11-12H,7-8H2,1-2H3/t11-/m0/s1. The van der Waals surface area contributed by atoms with Crippen molar-refractivity contribution in [2.24, 2.45) is 0 Å². The number of hydrogen-bond donors (Lipinski definition) is 1. The van der Waals surface area contributed by atoms with Crippen LogP contribution < -0.4 is 9.47 Å². The van der Waals surface area contributed by atoms with Crippen LogP contribution in [0.3, 0.4) is 0 Å². The van der Waals surface area contributed by atoms with Crippen molar-refractivity contribution in [1.82, 2.24) is 0 Å². The Morgan fingerprint density at radius 3 is 2.20 bits per heavy atom. The van der Waals surface area contributed by atoms with Crippen LogP contribution in [-0.2, 0) is 4.74 Å². The van der Waals surface area contributed by atoms with Crippen LogP contribution in [0.1, 0.15) is 0 Å². The fraction of sp³-hybridized carbons (Fsp3) is 0.455. The molecule has 0 aliphatic heterocycles. The predicted molar refractivity (Wildman–Crippen MR) is 56.4 cm³/mol. The molecule has 0 fully saturated rings. The number of methoxy groups -OCH3 is 2. The summed E-state index contributed by atoms with van der Waals surface area (Å²) in [5.41, 5.74) is 0. The molecule has 1 aromatic carbocycles. The first-order valence-electron chi connectivity index (χ1n) is 4.70. The number of benzene rings is 1. The van der Waals surface area contributed by atoms with Crippen LogP contribution in [0.5, 0.6) is 11.5 Å². The van der Waals surface area contributed by atoms with Crippen molar-refractivity contribution >= 4 is 0 Å². The third-order valence-corrected chi connectivity index (χ3v) is 2.03. The molecule has 0 unspecified atom stereocenters.